The molecule has 0 aromatic heterocycles. The number of rotatable bonds is 10. The number of alkyl halides is 4. The zero-order valence-electron chi connectivity index (χ0n) is 17.2. The van der Waals surface area contributed by atoms with E-state index in [-0.39, 0.29) is 12.8 Å². The van der Waals surface area contributed by atoms with Crippen LogP contribution in [0.3, 0.4) is 0 Å². The number of halogens is 5. The van der Waals surface area contributed by atoms with Crippen molar-refractivity contribution < 1.29 is 42.2 Å². The van der Waals surface area contributed by atoms with Crippen molar-refractivity contribution >= 4 is 29.4 Å². The monoisotopic (exact) mass is 489 g/mol. The molecule has 1 amide bonds. The van der Waals surface area contributed by atoms with Crippen molar-refractivity contribution in [3.05, 3.63) is 59.1 Å². The minimum atomic E-state index is -5.64. The lowest BCUT2D eigenvalue weighted by Crippen LogP contribution is -2.58. The molecule has 0 fully saturated rings. The molecular weight excluding hydrogens is 470 g/mol. The average molecular weight is 490 g/mol. The summed E-state index contributed by atoms with van der Waals surface area (Å²) in [6, 6.07) is 12.3. The molecular formula is C22H20ClF4NO5. The second kappa shape index (κ2) is 10.2. The number of hydrogen-bond donors (Lipinski definition) is 3. The van der Waals surface area contributed by atoms with Crippen molar-refractivity contribution in [2.45, 2.75) is 37.7 Å². The van der Waals surface area contributed by atoms with E-state index in [4.69, 9.17) is 21.8 Å². The van der Waals surface area contributed by atoms with Gasteiger partial charge in [-0.1, -0.05) is 54.9 Å². The topological polar surface area (TPSA) is 104 Å². The van der Waals surface area contributed by atoms with Crippen molar-refractivity contribution in [2.75, 3.05) is 0 Å². The highest BCUT2D eigenvalue weighted by Crippen LogP contribution is 2.35. The molecule has 0 saturated heterocycles. The number of carbonyl (C=O) groups is 3. The van der Waals surface area contributed by atoms with E-state index >= 15 is 0 Å². The van der Waals surface area contributed by atoms with Crippen LogP contribution < -0.4 is 5.32 Å². The van der Waals surface area contributed by atoms with Crippen molar-refractivity contribution in [2.24, 2.45) is 5.92 Å². The van der Waals surface area contributed by atoms with E-state index in [1.165, 1.54) is 6.92 Å². The summed E-state index contributed by atoms with van der Waals surface area (Å²) in [5, 5.41) is 19.7. The molecule has 0 radical (unpaired) electrons. The van der Waals surface area contributed by atoms with Crippen LogP contribution in [0.5, 0.6) is 0 Å². The van der Waals surface area contributed by atoms with Gasteiger partial charge in [-0.15, -0.1) is 0 Å². The predicted octanol–water partition coefficient (Wildman–Crippen LogP) is 4.50. The molecule has 0 heterocycles. The van der Waals surface area contributed by atoms with E-state index in [9.17, 15) is 31.9 Å². The first-order valence-electron chi connectivity index (χ1n) is 9.63. The largest absolute Gasteiger partial charge is 0.481 e. The number of hydrogen-bond acceptors (Lipinski definition) is 3. The summed E-state index contributed by atoms with van der Waals surface area (Å²) < 4.78 is 54.4. The first kappa shape index (κ1) is 26.1. The molecule has 0 spiro atoms. The molecule has 2 atom stereocenters. The fraction of sp³-hybridized carbons (Fsp3) is 0.318. The molecule has 2 aromatic rings. The quantitative estimate of drug-likeness (QED) is 0.426. The Bertz CT molecular complexity index is 1030. The highest BCUT2D eigenvalue weighted by atomic mass is 35.5. The van der Waals surface area contributed by atoms with Gasteiger partial charge >= 0.3 is 23.8 Å². The predicted molar refractivity (Wildman–Crippen MR) is 111 cm³/mol. The van der Waals surface area contributed by atoms with Gasteiger partial charge in [-0.3, -0.25) is 9.59 Å². The van der Waals surface area contributed by atoms with Crippen LogP contribution in [0, 0.1) is 5.92 Å². The van der Waals surface area contributed by atoms with Gasteiger partial charge in [-0.05, 0) is 41.7 Å². The maximum absolute atomic E-state index is 13.8. The van der Waals surface area contributed by atoms with Crippen molar-refractivity contribution in [1.29, 1.82) is 0 Å². The van der Waals surface area contributed by atoms with E-state index in [1.54, 1.807) is 47.8 Å². The van der Waals surface area contributed by atoms with E-state index in [1.807, 2.05) is 6.07 Å². The van der Waals surface area contributed by atoms with Gasteiger partial charge in [0.2, 0.25) is 0 Å². The van der Waals surface area contributed by atoms with E-state index in [0.717, 1.165) is 11.1 Å². The molecule has 6 nitrogen and oxygen atoms in total. The Morgan fingerprint density at radius 1 is 0.970 bits per heavy atom. The fourth-order valence-electron chi connectivity index (χ4n) is 3.06. The van der Waals surface area contributed by atoms with Gasteiger partial charge in [0.15, 0.2) is 0 Å². The zero-order valence-corrected chi connectivity index (χ0v) is 18.0. The molecule has 178 valence electrons. The molecule has 0 bridgehead atoms. The summed E-state index contributed by atoms with van der Waals surface area (Å²) in [5.74, 6) is -19.2. The summed E-state index contributed by atoms with van der Waals surface area (Å²) >= 11 is 5.97. The highest BCUT2D eigenvalue weighted by Gasteiger charge is 2.67. The number of carboxylic acids is 2. The number of carboxylic acid groups (broad SMARTS) is 2. The second-order valence-electron chi connectivity index (χ2n) is 7.51. The lowest BCUT2D eigenvalue weighted by atomic mass is 9.94. The molecule has 0 aliphatic carbocycles. The maximum atomic E-state index is 13.8. The Hall–Kier alpha value is -3.14. The Morgan fingerprint density at radius 2 is 1.58 bits per heavy atom. The summed E-state index contributed by atoms with van der Waals surface area (Å²) in [6.45, 7) is 1.26. The third kappa shape index (κ3) is 6.22. The van der Waals surface area contributed by atoms with Crippen LogP contribution in [-0.4, -0.2) is 45.9 Å². The van der Waals surface area contributed by atoms with Crippen LogP contribution >= 0.6 is 11.6 Å². The molecule has 3 N–H and O–H groups in total. The zero-order chi connectivity index (χ0) is 25.0. The first-order valence-corrected chi connectivity index (χ1v) is 10.0. The highest BCUT2D eigenvalue weighted by molar-refractivity contribution is 6.30. The van der Waals surface area contributed by atoms with Crippen LogP contribution in [0.2, 0.25) is 5.02 Å². The Kier molecular flexibility index (Phi) is 8.07. The van der Waals surface area contributed by atoms with Gasteiger partial charge in [-0.25, -0.2) is 4.79 Å². The van der Waals surface area contributed by atoms with Crippen LogP contribution in [-0.2, 0) is 20.8 Å². The number of aliphatic carboxylic acids is 2. The molecule has 33 heavy (non-hydrogen) atoms. The lowest BCUT2D eigenvalue weighted by Gasteiger charge is -2.26. The van der Waals surface area contributed by atoms with Crippen LogP contribution in [0.15, 0.2) is 48.5 Å². The first-order chi connectivity index (χ1) is 15.3. The van der Waals surface area contributed by atoms with E-state index in [0.29, 0.717) is 10.6 Å². The molecule has 0 saturated carbocycles. The van der Waals surface area contributed by atoms with E-state index in [2.05, 4.69) is 0 Å². The summed E-state index contributed by atoms with van der Waals surface area (Å²) in [4.78, 5) is 33.5. The number of benzene rings is 2. The summed E-state index contributed by atoms with van der Waals surface area (Å²) in [7, 11) is 0. The summed E-state index contributed by atoms with van der Waals surface area (Å²) in [6.07, 6.45) is -0.514. The Balaban J connectivity index is 2.24. The Labute approximate surface area is 191 Å². The van der Waals surface area contributed by atoms with Gasteiger partial charge in [0.1, 0.15) is 0 Å². The van der Waals surface area contributed by atoms with Crippen LogP contribution in [0.25, 0.3) is 11.1 Å². The smallest absolute Gasteiger partial charge is 0.413 e. The molecule has 2 rings (SSSR count). The van der Waals surface area contributed by atoms with Gasteiger partial charge in [-0.2, -0.15) is 17.6 Å². The minimum Gasteiger partial charge on any atom is -0.481 e. The van der Waals surface area contributed by atoms with Gasteiger partial charge in [0.25, 0.3) is 5.91 Å². The van der Waals surface area contributed by atoms with Crippen molar-refractivity contribution in [3.63, 3.8) is 0 Å². The van der Waals surface area contributed by atoms with Gasteiger partial charge in [0.05, 0.1) is 5.92 Å². The normalized spacial score (nSPS) is 13.8. The molecule has 2 aromatic carbocycles. The molecule has 0 aliphatic rings. The fourth-order valence-corrected chi connectivity index (χ4v) is 3.25. The molecule has 11 heteroatoms. The minimum absolute atomic E-state index is 0.159. The number of amides is 1. The number of carbonyl (C=O) groups excluding carboxylic acids is 1. The van der Waals surface area contributed by atoms with Crippen molar-refractivity contribution in [1.82, 2.24) is 5.32 Å². The van der Waals surface area contributed by atoms with Crippen LogP contribution in [0.4, 0.5) is 17.6 Å². The molecule has 0 unspecified atom stereocenters. The lowest BCUT2D eigenvalue weighted by molar-refractivity contribution is -0.222. The average Bonchev–Trinajstić information content (AvgIpc) is 2.73. The van der Waals surface area contributed by atoms with Crippen molar-refractivity contribution in [3.8, 4) is 11.1 Å². The van der Waals surface area contributed by atoms with E-state index < -0.39 is 41.7 Å². The van der Waals surface area contributed by atoms with Gasteiger partial charge in [0, 0.05) is 11.1 Å². The van der Waals surface area contributed by atoms with Gasteiger partial charge < -0.3 is 15.5 Å². The second-order valence-corrected chi connectivity index (χ2v) is 7.95. The maximum Gasteiger partial charge on any atom is 0.413 e. The third-order valence-corrected chi connectivity index (χ3v) is 5.17. The Morgan fingerprint density at radius 3 is 2.09 bits per heavy atom. The number of nitrogens with one attached hydrogen (secondary N) is 1. The molecule has 0 aliphatic heterocycles. The SMILES string of the molecule is C[C@@H](C[C@@H](Cc1ccc(-c2cccc(Cl)c2)cc1)NC(=O)C(F)(F)C(F)(F)C(=O)O)C(=O)O. The summed E-state index contributed by atoms with van der Waals surface area (Å²) in [5.41, 5.74) is 2.07. The van der Waals surface area contributed by atoms with Crippen LogP contribution in [0.1, 0.15) is 18.9 Å². The standard InChI is InChI=1S/C22H20ClF4NO5/c1-12(18(29)30)9-17(28-19(31)21(24,25)22(26,27)20(32)33)10-13-5-7-14(8-6-13)15-3-2-4-16(23)11-15/h2-8,11-12,17H,9-10H2,1H3,(H,28,31)(H,29,30)(H,32,33)/t12-,17-/m0/s1. The third-order valence-electron chi connectivity index (χ3n) is 4.94.